The van der Waals surface area contributed by atoms with E-state index in [1.54, 1.807) is 18.2 Å². The van der Waals surface area contributed by atoms with Gasteiger partial charge in [0.15, 0.2) is 5.43 Å². The molecule has 0 atom stereocenters. The summed E-state index contributed by atoms with van der Waals surface area (Å²) in [6.07, 6.45) is 2.70. The van der Waals surface area contributed by atoms with Gasteiger partial charge in [0.2, 0.25) is 0 Å². The Morgan fingerprint density at radius 2 is 2.18 bits per heavy atom. The molecule has 0 radical (unpaired) electrons. The number of halogens is 1. The molecule has 0 aliphatic heterocycles. The van der Waals surface area contributed by atoms with Gasteiger partial charge >= 0.3 is 0 Å². The number of nitrogens with one attached hydrogen (secondary N) is 1. The van der Waals surface area contributed by atoms with Gasteiger partial charge in [0.05, 0.1) is 10.5 Å². The number of nitrogen functional groups attached to an aromatic ring is 1. The van der Waals surface area contributed by atoms with E-state index in [0.29, 0.717) is 33.7 Å². The first kappa shape index (κ1) is 12.0. The summed E-state index contributed by atoms with van der Waals surface area (Å²) in [6, 6.07) is 5.29. The van der Waals surface area contributed by atoms with Gasteiger partial charge in [-0.2, -0.15) is 0 Å². The number of benzene rings is 1. The highest BCUT2D eigenvalue weighted by Gasteiger charge is 2.10. The largest absolute Gasteiger partial charge is 0.385 e. The van der Waals surface area contributed by atoms with E-state index in [1.165, 1.54) is 0 Å². The standard InChI is InChI=1S/C13H15ClN2O/c1-2-3-5-9-12(17)8-6-4-7-10(14)11(8)16-13(9)15/h4,6-7H,2-3,5H2,1H3,(H3,15,16,17). The van der Waals surface area contributed by atoms with Gasteiger partial charge in [-0.25, -0.2) is 0 Å². The second-order valence-corrected chi connectivity index (χ2v) is 4.52. The lowest BCUT2D eigenvalue weighted by atomic mass is 10.1. The Balaban J connectivity index is 2.68. The van der Waals surface area contributed by atoms with Crippen molar-refractivity contribution in [3.05, 3.63) is 39.0 Å². The number of anilines is 1. The molecular formula is C13H15ClN2O. The van der Waals surface area contributed by atoms with Gasteiger partial charge in [-0.1, -0.05) is 31.0 Å². The quantitative estimate of drug-likeness (QED) is 0.879. The lowest BCUT2D eigenvalue weighted by molar-refractivity contribution is 0.792. The minimum atomic E-state index is -0.00722. The van der Waals surface area contributed by atoms with E-state index in [4.69, 9.17) is 17.3 Å². The van der Waals surface area contributed by atoms with Crippen molar-refractivity contribution in [2.24, 2.45) is 0 Å². The molecule has 4 heteroatoms. The highest BCUT2D eigenvalue weighted by atomic mass is 35.5. The summed E-state index contributed by atoms with van der Waals surface area (Å²) in [5.74, 6) is 0.434. The van der Waals surface area contributed by atoms with E-state index in [2.05, 4.69) is 11.9 Å². The second kappa shape index (κ2) is 4.80. The molecule has 17 heavy (non-hydrogen) atoms. The van der Waals surface area contributed by atoms with Gasteiger partial charge in [0.1, 0.15) is 5.82 Å². The molecule has 0 spiro atoms. The van der Waals surface area contributed by atoms with Crippen LogP contribution in [0.25, 0.3) is 10.9 Å². The highest BCUT2D eigenvalue weighted by Crippen LogP contribution is 2.21. The van der Waals surface area contributed by atoms with Crippen molar-refractivity contribution in [3.8, 4) is 0 Å². The van der Waals surface area contributed by atoms with Crippen LogP contribution in [0.3, 0.4) is 0 Å². The zero-order valence-corrected chi connectivity index (χ0v) is 10.5. The Morgan fingerprint density at radius 3 is 2.88 bits per heavy atom. The van der Waals surface area contributed by atoms with E-state index in [1.807, 2.05) is 0 Å². The average molecular weight is 251 g/mol. The molecule has 3 N–H and O–H groups in total. The number of hydrogen-bond acceptors (Lipinski definition) is 2. The van der Waals surface area contributed by atoms with E-state index >= 15 is 0 Å². The number of pyridine rings is 1. The smallest absolute Gasteiger partial charge is 0.194 e. The zero-order valence-electron chi connectivity index (χ0n) is 9.72. The molecule has 1 aromatic heterocycles. The van der Waals surface area contributed by atoms with Gasteiger partial charge in [0.25, 0.3) is 0 Å². The fourth-order valence-electron chi connectivity index (χ4n) is 1.94. The van der Waals surface area contributed by atoms with Crippen LogP contribution in [0.15, 0.2) is 23.0 Å². The molecule has 90 valence electrons. The van der Waals surface area contributed by atoms with Crippen LogP contribution in [0.4, 0.5) is 5.82 Å². The third-order valence-corrected chi connectivity index (χ3v) is 3.21. The van der Waals surface area contributed by atoms with Crippen LogP contribution in [0, 0.1) is 0 Å². The number of hydrogen-bond donors (Lipinski definition) is 2. The molecule has 0 unspecified atom stereocenters. The van der Waals surface area contributed by atoms with Gasteiger partial charge in [-0.15, -0.1) is 0 Å². The maximum absolute atomic E-state index is 12.2. The monoisotopic (exact) mass is 250 g/mol. The van der Waals surface area contributed by atoms with Crippen molar-refractivity contribution >= 4 is 28.3 Å². The zero-order chi connectivity index (χ0) is 12.4. The number of aromatic amines is 1. The van der Waals surface area contributed by atoms with Crippen LogP contribution < -0.4 is 11.2 Å². The molecule has 1 heterocycles. The molecule has 0 saturated carbocycles. The SMILES string of the molecule is CCCCc1c(N)[nH]c2c(Cl)cccc2c1=O. The Hall–Kier alpha value is -1.48. The summed E-state index contributed by atoms with van der Waals surface area (Å²) in [5, 5.41) is 1.13. The average Bonchev–Trinajstić information content (AvgIpc) is 2.31. The fraction of sp³-hybridized carbons (Fsp3) is 0.308. The predicted molar refractivity (Wildman–Crippen MR) is 72.6 cm³/mol. The summed E-state index contributed by atoms with van der Waals surface area (Å²) >= 11 is 6.03. The Labute approximate surface area is 105 Å². The summed E-state index contributed by atoms with van der Waals surface area (Å²) in [7, 11) is 0. The van der Waals surface area contributed by atoms with Crippen molar-refractivity contribution in [3.63, 3.8) is 0 Å². The van der Waals surface area contributed by atoms with Crippen molar-refractivity contribution in [2.45, 2.75) is 26.2 Å². The number of aromatic nitrogens is 1. The molecule has 1 aromatic carbocycles. The van der Waals surface area contributed by atoms with E-state index < -0.39 is 0 Å². The predicted octanol–water partition coefficient (Wildman–Crippen LogP) is 3.11. The number of nitrogens with two attached hydrogens (primary N) is 1. The maximum Gasteiger partial charge on any atom is 0.194 e. The van der Waals surface area contributed by atoms with Crippen LogP contribution >= 0.6 is 11.6 Å². The van der Waals surface area contributed by atoms with Gasteiger partial charge < -0.3 is 10.7 Å². The molecule has 0 fully saturated rings. The van der Waals surface area contributed by atoms with Gasteiger partial charge in [-0.05, 0) is 25.0 Å². The first-order valence-corrected chi connectivity index (χ1v) is 6.11. The molecular weight excluding hydrogens is 236 g/mol. The lowest BCUT2D eigenvalue weighted by Crippen LogP contribution is -2.14. The summed E-state index contributed by atoms with van der Waals surface area (Å²) in [5.41, 5.74) is 7.17. The third-order valence-electron chi connectivity index (χ3n) is 2.90. The third kappa shape index (κ3) is 2.15. The van der Waals surface area contributed by atoms with Crippen LogP contribution in [-0.2, 0) is 6.42 Å². The van der Waals surface area contributed by atoms with Crippen LogP contribution in [0.2, 0.25) is 5.02 Å². The lowest BCUT2D eigenvalue weighted by Gasteiger charge is -2.08. The molecule has 0 aliphatic rings. The highest BCUT2D eigenvalue weighted by molar-refractivity contribution is 6.35. The molecule has 2 rings (SSSR count). The van der Waals surface area contributed by atoms with E-state index in [9.17, 15) is 4.79 Å². The van der Waals surface area contributed by atoms with Crippen LogP contribution in [-0.4, -0.2) is 4.98 Å². The number of fused-ring (bicyclic) bond motifs is 1. The normalized spacial score (nSPS) is 10.9. The molecule has 0 saturated heterocycles. The van der Waals surface area contributed by atoms with Gasteiger partial charge in [-0.3, -0.25) is 4.79 Å². The number of para-hydroxylation sites is 1. The first-order valence-electron chi connectivity index (χ1n) is 5.74. The topological polar surface area (TPSA) is 58.9 Å². The first-order chi connectivity index (χ1) is 8.15. The Morgan fingerprint density at radius 1 is 1.41 bits per heavy atom. The Bertz CT molecular complexity index is 604. The van der Waals surface area contributed by atoms with Gasteiger partial charge in [0, 0.05) is 10.9 Å². The molecule has 2 aromatic rings. The molecule has 3 nitrogen and oxygen atoms in total. The minimum Gasteiger partial charge on any atom is -0.385 e. The van der Waals surface area contributed by atoms with Crippen molar-refractivity contribution in [1.29, 1.82) is 0 Å². The minimum absolute atomic E-state index is 0.00722. The van der Waals surface area contributed by atoms with Crippen LogP contribution in [0.1, 0.15) is 25.3 Å². The van der Waals surface area contributed by atoms with E-state index in [0.717, 1.165) is 12.8 Å². The second-order valence-electron chi connectivity index (χ2n) is 4.11. The van der Waals surface area contributed by atoms with Crippen molar-refractivity contribution < 1.29 is 0 Å². The maximum atomic E-state index is 12.2. The molecule has 0 aliphatic carbocycles. The Kier molecular flexibility index (Phi) is 3.38. The van der Waals surface area contributed by atoms with Crippen molar-refractivity contribution in [2.75, 3.05) is 5.73 Å². The van der Waals surface area contributed by atoms with E-state index in [-0.39, 0.29) is 5.43 Å². The fourth-order valence-corrected chi connectivity index (χ4v) is 2.16. The molecule has 0 amide bonds. The number of unbranched alkanes of at least 4 members (excludes halogenated alkanes) is 1. The molecule has 0 bridgehead atoms. The summed E-state index contributed by atoms with van der Waals surface area (Å²) in [6.45, 7) is 2.09. The summed E-state index contributed by atoms with van der Waals surface area (Å²) in [4.78, 5) is 15.3. The summed E-state index contributed by atoms with van der Waals surface area (Å²) < 4.78 is 0. The number of H-pyrrole nitrogens is 1. The number of rotatable bonds is 3. The van der Waals surface area contributed by atoms with Crippen molar-refractivity contribution in [1.82, 2.24) is 4.98 Å². The van der Waals surface area contributed by atoms with Crippen LogP contribution in [0.5, 0.6) is 0 Å².